The summed E-state index contributed by atoms with van der Waals surface area (Å²) < 4.78 is 2.60. The van der Waals surface area contributed by atoms with E-state index in [4.69, 9.17) is 0 Å². The standard InChI is InChI=1S/C46H31NS/c1-2-10-32(11-3-1)34-22-26-40(27-23-34)47(43-17-9-19-45-46(43)42-16-6-7-18-44(42)48-45)41-28-24-35(25-29-41)37-14-8-15-38(30-37)39-21-20-33-12-4-5-13-36(33)31-39/h1-31H. The van der Waals surface area contributed by atoms with Gasteiger partial charge in [-0.3, -0.25) is 0 Å². The van der Waals surface area contributed by atoms with Crippen LogP contribution in [0, 0.1) is 0 Å². The van der Waals surface area contributed by atoms with E-state index in [0.717, 1.165) is 11.4 Å². The van der Waals surface area contributed by atoms with E-state index in [-0.39, 0.29) is 0 Å². The summed E-state index contributed by atoms with van der Waals surface area (Å²) in [6.45, 7) is 0. The topological polar surface area (TPSA) is 3.24 Å². The van der Waals surface area contributed by atoms with Gasteiger partial charge in [-0.2, -0.15) is 0 Å². The zero-order valence-electron chi connectivity index (χ0n) is 26.3. The zero-order chi connectivity index (χ0) is 31.9. The van der Waals surface area contributed by atoms with Crippen LogP contribution in [0.25, 0.3) is 64.3 Å². The average Bonchev–Trinajstić information content (AvgIpc) is 3.55. The quantitative estimate of drug-likeness (QED) is 0.177. The van der Waals surface area contributed by atoms with Gasteiger partial charge < -0.3 is 4.90 Å². The van der Waals surface area contributed by atoms with Gasteiger partial charge in [0, 0.05) is 31.5 Å². The minimum absolute atomic E-state index is 1.12. The lowest BCUT2D eigenvalue weighted by atomic mass is 9.97. The maximum Gasteiger partial charge on any atom is 0.0554 e. The van der Waals surface area contributed by atoms with Gasteiger partial charge in [-0.25, -0.2) is 0 Å². The Labute approximate surface area is 284 Å². The van der Waals surface area contributed by atoms with Gasteiger partial charge in [0.25, 0.3) is 0 Å². The molecule has 0 aliphatic rings. The third-order valence-corrected chi connectivity index (χ3v) is 10.4. The number of hydrogen-bond donors (Lipinski definition) is 0. The number of fused-ring (bicyclic) bond motifs is 4. The van der Waals surface area contributed by atoms with Gasteiger partial charge >= 0.3 is 0 Å². The molecule has 0 radical (unpaired) electrons. The van der Waals surface area contributed by atoms with Crippen LogP contribution in [0.4, 0.5) is 17.1 Å². The van der Waals surface area contributed by atoms with Crippen LogP contribution in [0.5, 0.6) is 0 Å². The minimum atomic E-state index is 1.12. The molecule has 9 rings (SSSR count). The Kier molecular flexibility index (Phi) is 7.07. The Hall–Kier alpha value is -5.96. The lowest BCUT2D eigenvalue weighted by Gasteiger charge is -2.27. The molecule has 2 heteroatoms. The molecule has 0 saturated heterocycles. The summed E-state index contributed by atoms with van der Waals surface area (Å²) in [6.07, 6.45) is 0. The number of thiophene rings is 1. The maximum atomic E-state index is 2.41. The van der Waals surface area contributed by atoms with Crippen molar-refractivity contribution in [2.45, 2.75) is 0 Å². The summed E-state index contributed by atoms with van der Waals surface area (Å²) in [5.74, 6) is 0. The number of benzene rings is 8. The van der Waals surface area contributed by atoms with Crippen LogP contribution >= 0.6 is 11.3 Å². The van der Waals surface area contributed by atoms with E-state index >= 15 is 0 Å². The van der Waals surface area contributed by atoms with E-state index in [2.05, 4.69) is 193 Å². The second-order valence-electron chi connectivity index (χ2n) is 12.2. The SMILES string of the molecule is c1ccc(-c2ccc(N(c3ccc(-c4cccc(-c5ccc6ccccc6c5)c4)cc3)c3cccc4sc5ccccc5c34)cc2)cc1. The molecule has 8 aromatic carbocycles. The van der Waals surface area contributed by atoms with Crippen LogP contribution in [-0.2, 0) is 0 Å². The summed E-state index contributed by atoms with van der Waals surface area (Å²) >= 11 is 1.86. The van der Waals surface area contributed by atoms with Crippen LogP contribution in [0.15, 0.2) is 188 Å². The molecule has 226 valence electrons. The van der Waals surface area contributed by atoms with Crippen molar-refractivity contribution in [1.29, 1.82) is 0 Å². The molecule has 1 nitrogen and oxygen atoms in total. The summed E-state index contributed by atoms with van der Waals surface area (Å²) in [4.78, 5) is 2.41. The fourth-order valence-corrected chi connectivity index (χ4v) is 7.98. The van der Waals surface area contributed by atoms with Crippen molar-refractivity contribution < 1.29 is 0 Å². The molecular weight excluding hydrogens is 599 g/mol. The van der Waals surface area contributed by atoms with Gasteiger partial charge in [-0.15, -0.1) is 11.3 Å². The molecule has 0 bridgehead atoms. The summed E-state index contributed by atoms with van der Waals surface area (Å²) in [6, 6.07) is 68.2. The number of rotatable bonds is 6. The van der Waals surface area contributed by atoms with Crippen LogP contribution < -0.4 is 4.90 Å². The molecule has 9 aromatic rings. The smallest absolute Gasteiger partial charge is 0.0554 e. The van der Waals surface area contributed by atoms with E-state index in [0.29, 0.717) is 0 Å². The molecule has 1 aromatic heterocycles. The van der Waals surface area contributed by atoms with E-state index in [9.17, 15) is 0 Å². The van der Waals surface area contributed by atoms with Crippen molar-refractivity contribution >= 4 is 59.3 Å². The van der Waals surface area contributed by atoms with Gasteiger partial charge in [0.2, 0.25) is 0 Å². The molecule has 0 unspecified atom stereocenters. The van der Waals surface area contributed by atoms with Gasteiger partial charge in [-0.1, -0.05) is 133 Å². The highest BCUT2D eigenvalue weighted by molar-refractivity contribution is 7.26. The Morgan fingerprint density at radius 3 is 1.62 bits per heavy atom. The first-order valence-electron chi connectivity index (χ1n) is 16.3. The second-order valence-corrected chi connectivity index (χ2v) is 13.3. The molecule has 0 atom stereocenters. The van der Waals surface area contributed by atoms with Crippen molar-refractivity contribution in [2.75, 3.05) is 4.90 Å². The lowest BCUT2D eigenvalue weighted by Crippen LogP contribution is -2.10. The molecule has 0 spiro atoms. The fraction of sp³-hybridized carbons (Fsp3) is 0. The molecule has 0 saturated carbocycles. The fourth-order valence-electron chi connectivity index (χ4n) is 6.85. The molecule has 0 aliphatic carbocycles. The molecular formula is C46H31NS. The Balaban J connectivity index is 1.13. The predicted molar refractivity (Wildman–Crippen MR) is 208 cm³/mol. The van der Waals surface area contributed by atoms with Gasteiger partial charge in [0.1, 0.15) is 0 Å². The van der Waals surface area contributed by atoms with Crippen molar-refractivity contribution in [3.05, 3.63) is 188 Å². The van der Waals surface area contributed by atoms with Crippen molar-refractivity contribution in [2.24, 2.45) is 0 Å². The second kappa shape index (κ2) is 12.0. The highest BCUT2D eigenvalue weighted by Gasteiger charge is 2.18. The van der Waals surface area contributed by atoms with E-state index in [1.807, 2.05) is 11.3 Å². The highest BCUT2D eigenvalue weighted by Crippen LogP contribution is 2.45. The van der Waals surface area contributed by atoms with Crippen molar-refractivity contribution in [3.63, 3.8) is 0 Å². The molecule has 0 aliphatic heterocycles. The lowest BCUT2D eigenvalue weighted by molar-refractivity contribution is 1.30. The molecule has 0 N–H and O–H groups in total. The third kappa shape index (κ3) is 5.13. The first-order valence-corrected chi connectivity index (χ1v) is 17.2. The summed E-state index contributed by atoms with van der Waals surface area (Å²) in [5, 5.41) is 5.10. The van der Waals surface area contributed by atoms with Gasteiger partial charge in [0.15, 0.2) is 0 Å². The molecule has 0 fully saturated rings. The Bertz CT molecular complexity index is 2540. The normalized spacial score (nSPS) is 11.3. The number of nitrogens with zero attached hydrogens (tertiary/aromatic N) is 1. The first-order chi connectivity index (χ1) is 23.8. The van der Waals surface area contributed by atoms with Crippen molar-refractivity contribution in [1.82, 2.24) is 0 Å². The minimum Gasteiger partial charge on any atom is -0.310 e. The Morgan fingerprint density at radius 1 is 0.333 bits per heavy atom. The highest BCUT2D eigenvalue weighted by atomic mass is 32.1. The van der Waals surface area contributed by atoms with Crippen LogP contribution in [-0.4, -0.2) is 0 Å². The maximum absolute atomic E-state index is 2.41. The van der Waals surface area contributed by atoms with Crippen LogP contribution in [0.2, 0.25) is 0 Å². The molecule has 48 heavy (non-hydrogen) atoms. The van der Waals surface area contributed by atoms with Gasteiger partial charge in [0.05, 0.1) is 5.69 Å². The van der Waals surface area contributed by atoms with Gasteiger partial charge in [-0.05, 0) is 98.8 Å². The van der Waals surface area contributed by atoms with E-state index in [1.54, 1.807) is 0 Å². The van der Waals surface area contributed by atoms with Crippen LogP contribution in [0.1, 0.15) is 0 Å². The summed E-state index contributed by atoms with van der Waals surface area (Å²) in [5.41, 5.74) is 10.7. The van der Waals surface area contributed by atoms with E-state index in [1.165, 1.54) is 70.0 Å². The third-order valence-electron chi connectivity index (χ3n) is 9.26. The zero-order valence-corrected chi connectivity index (χ0v) is 27.1. The molecule has 1 heterocycles. The number of anilines is 3. The van der Waals surface area contributed by atoms with Crippen molar-refractivity contribution in [3.8, 4) is 33.4 Å². The largest absolute Gasteiger partial charge is 0.310 e. The average molecular weight is 630 g/mol. The summed E-state index contributed by atoms with van der Waals surface area (Å²) in [7, 11) is 0. The van der Waals surface area contributed by atoms with Crippen LogP contribution in [0.3, 0.4) is 0 Å². The van der Waals surface area contributed by atoms with E-state index < -0.39 is 0 Å². The first kappa shape index (κ1) is 28.3. The number of hydrogen-bond acceptors (Lipinski definition) is 2. The monoisotopic (exact) mass is 629 g/mol. The Morgan fingerprint density at radius 2 is 0.854 bits per heavy atom. The predicted octanol–water partition coefficient (Wildman–Crippen LogP) is 13.7. The molecule has 0 amide bonds.